The summed E-state index contributed by atoms with van der Waals surface area (Å²) in [4.78, 5) is 15.4. The summed E-state index contributed by atoms with van der Waals surface area (Å²) in [7, 11) is 0. The molecule has 0 atom stereocenters. The second kappa shape index (κ2) is 9.48. The van der Waals surface area contributed by atoms with Gasteiger partial charge in [-0.3, -0.25) is 0 Å². The smallest absolute Gasteiger partial charge is 0.164 e. The number of furan rings is 1. The molecule has 12 rings (SSSR count). The molecule has 0 N–H and O–H groups in total. The van der Waals surface area contributed by atoms with Crippen LogP contribution < -0.4 is 0 Å². The average molecular weight is 608 g/mol. The predicted molar refractivity (Wildman–Crippen MR) is 187 cm³/mol. The Balaban J connectivity index is 1.10. The summed E-state index contributed by atoms with van der Waals surface area (Å²) in [5.41, 5.74) is 10.7. The van der Waals surface area contributed by atoms with Crippen molar-refractivity contribution in [2.24, 2.45) is 23.7 Å². The average Bonchev–Trinajstić information content (AvgIpc) is 3.63. The Labute approximate surface area is 273 Å². The number of aromatic nitrogens is 3. The highest BCUT2D eigenvalue weighted by Crippen LogP contribution is 2.69. The second-order valence-corrected chi connectivity index (χ2v) is 14.5. The molecule has 0 saturated heterocycles. The standard InChI is InChI=1S/C43H33N3O/c1-2-8-27(9-3-1)40-44-41(46-42(45-40)29-15-17-35-34-11-5-7-13-38(34)47-39(35)24-29)28-14-16-33-32-10-4-6-12-36(32)43(37(33)23-28)30-19-25-18-26(21-30)22-31(43)20-25/h1-17,23-26,30-31H,18-22H2. The molecule has 5 aliphatic rings. The van der Waals surface area contributed by atoms with Gasteiger partial charge in [0.15, 0.2) is 17.5 Å². The summed E-state index contributed by atoms with van der Waals surface area (Å²) in [6.07, 6.45) is 6.91. The summed E-state index contributed by atoms with van der Waals surface area (Å²) >= 11 is 0. The van der Waals surface area contributed by atoms with Crippen molar-refractivity contribution in [1.82, 2.24) is 15.0 Å². The van der Waals surface area contributed by atoms with E-state index in [0.29, 0.717) is 23.5 Å². The van der Waals surface area contributed by atoms with Gasteiger partial charge < -0.3 is 4.42 Å². The van der Waals surface area contributed by atoms with Crippen LogP contribution in [0, 0.1) is 23.7 Å². The van der Waals surface area contributed by atoms with Crippen LogP contribution >= 0.6 is 0 Å². The largest absolute Gasteiger partial charge is 0.456 e. The number of para-hydroxylation sites is 1. The highest BCUT2D eigenvalue weighted by Gasteiger charge is 2.61. The maximum Gasteiger partial charge on any atom is 0.164 e. The monoisotopic (exact) mass is 607 g/mol. The van der Waals surface area contributed by atoms with Gasteiger partial charge in [-0.25, -0.2) is 15.0 Å². The van der Waals surface area contributed by atoms with Crippen LogP contribution in [-0.4, -0.2) is 15.0 Å². The van der Waals surface area contributed by atoms with E-state index in [1.165, 1.54) is 48.8 Å². The van der Waals surface area contributed by atoms with Crippen molar-refractivity contribution >= 4 is 21.9 Å². The van der Waals surface area contributed by atoms with Gasteiger partial charge in [0, 0.05) is 32.9 Å². The lowest BCUT2D eigenvalue weighted by molar-refractivity contribution is -0.0399. The molecular formula is C43H33N3O. The predicted octanol–water partition coefficient (Wildman–Crippen LogP) is 10.5. The zero-order valence-corrected chi connectivity index (χ0v) is 26.1. The van der Waals surface area contributed by atoms with Crippen molar-refractivity contribution in [3.8, 4) is 45.3 Å². The Morgan fingerprint density at radius 2 is 1.06 bits per heavy atom. The van der Waals surface area contributed by atoms with Crippen molar-refractivity contribution in [3.63, 3.8) is 0 Å². The fraction of sp³-hybridized carbons (Fsp3) is 0.233. The van der Waals surface area contributed by atoms with E-state index >= 15 is 0 Å². The zero-order valence-electron chi connectivity index (χ0n) is 26.1. The van der Waals surface area contributed by atoms with E-state index in [1.807, 2.05) is 30.3 Å². The normalized spacial score (nSPS) is 25.1. The van der Waals surface area contributed by atoms with Gasteiger partial charge in [-0.2, -0.15) is 0 Å². The Morgan fingerprint density at radius 3 is 1.85 bits per heavy atom. The zero-order chi connectivity index (χ0) is 30.7. The van der Waals surface area contributed by atoms with Gasteiger partial charge in [-0.05, 0) is 102 Å². The van der Waals surface area contributed by atoms with Crippen LogP contribution in [-0.2, 0) is 5.41 Å². The lowest BCUT2D eigenvalue weighted by Gasteiger charge is -2.61. The second-order valence-electron chi connectivity index (χ2n) is 14.5. The van der Waals surface area contributed by atoms with Crippen LogP contribution in [0.2, 0.25) is 0 Å². The van der Waals surface area contributed by atoms with Crippen LogP contribution in [0.4, 0.5) is 0 Å². The molecule has 4 saturated carbocycles. The quantitative estimate of drug-likeness (QED) is 0.201. The van der Waals surface area contributed by atoms with Crippen LogP contribution in [0.25, 0.3) is 67.2 Å². The first-order valence-corrected chi connectivity index (χ1v) is 17.2. The SMILES string of the molecule is c1ccc(-c2nc(-c3ccc4c(c3)C3(c5ccccc5-4)C4CC5CC(C4)CC3C5)nc(-c3ccc4c(c3)oc3ccccc34)n2)cc1. The number of fused-ring (bicyclic) bond motifs is 6. The molecule has 4 bridgehead atoms. The Morgan fingerprint density at radius 1 is 0.468 bits per heavy atom. The summed E-state index contributed by atoms with van der Waals surface area (Å²) in [6.45, 7) is 0. The number of nitrogens with zero attached hydrogens (tertiary/aromatic N) is 3. The minimum absolute atomic E-state index is 0.0970. The summed E-state index contributed by atoms with van der Waals surface area (Å²) < 4.78 is 6.26. The first kappa shape index (κ1) is 26.0. The lowest BCUT2D eigenvalue weighted by atomic mass is 9.43. The number of hydrogen-bond donors (Lipinski definition) is 0. The van der Waals surface area contributed by atoms with Crippen molar-refractivity contribution < 1.29 is 4.42 Å². The van der Waals surface area contributed by atoms with Crippen LogP contribution in [0.3, 0.4) is 0 Å². The fourth-order valence-corrected chi connectivity index (χ4v) is 10.5. The molecule has 7 aromatic rings. The van der Waals surface area contributed by atoms with Gasteiger partial charge in [0.25, 0.3) is 0 Å². The molecular weight excluding hydrogens is 574 g/mol. The maximum atomic E-state index is 6.26. The minimum Gasteiger partial charge on any atom is -0.456 e. The fourth-order valence-electron chi connectivity index (χ4n) is 10.5. The molecule has 47 heavy (non-hydrogen) atoms. The first-order chi connectivity index (χ1) is 23.2. The molecule has 2 aromatic heterocycles. The van der Waals surface area contributed by atoms with Crippen LogP contribution in [0.5, 0.6) is 0 Å². The number of rotatable bonds is 3. The number of hydrogen-bond acceptors (Lipinski definition) is 4. The molecule has 4 fully saturated rings. The third-order valence-electron chi connectivity index (χ3n) is 12.1. The Bertz CT molecular complexity index is 2360. The molecule has 2 heterocycles. The van der Waals surface area contributed by atoms with Gasteiger partial charge >= 0.3 is 0 Å². The third kappa shape index (κ3) is 3.61. The molecule has 5 aliphatic carbocycles. The maximum absolute atomic E-state index is 6.26. The molecule has 0 unspecified atom stereocenters. The van der Waals surface area contributed by atoms with Gasteiger partial charge in [0.2, 0.25) is 0 Å². The van der Waals surface area contributed by atoms with E-state index in [1.54, 1.807) is 5.56 Å². The molecule has 0 amide bonds. The van der Waals surface area contributed by atoms with E-state index in [-0.39, 0.29) is 5.41 Å². The van der Waals surface area contributed by atoms with Gasteiger partial charge in [0.05, 0.1) is 0 Å². The van der Waals surface area contributed by atoms with E-state index in [0.717, 1.165) is 56.3 Å². The molecule has 4 heteroatoms. The number of benzene rings is 5. The van der Waals surface area contributed by atoms with E-state index in [4.69, 9.17) is 19.4 Å². The van der Waals surface area contributed by atoms with Crippen molar-refractivity contribution in [3.05, 3.63) is 126 Å². The Hall–Kier alpha value is -5.09. The molecule has 1 spiro atoms. The van der Waals surface area contributed by atoms with Gasteiger partial charge in [-0.15, -0.1) is 0 Å². The third-order valence-corrected chi connectivity index (χ3v) is 12.1. The van der Waals surface area contributed by atoms with Gasteiger partial charge in [0.1, 0.15) is 11.2 Å². The Kier molecular flexibility index (Phi) is 5.25. The lowest BCUT2D eigenvalue weighted by Crippen LogP contribution is -2.55. The van der Waals surface area contributed by atoms with Crippen molar-refractivity contribution in [1.29, 1.82) is 0 Å². The van der Waals surface area contributed by atoms with Crippen LogP contribution in [0.15, 0.2) is 120 Å². The topological polar surface area (TPSA) is 51.8 Å². The van der Waals surface area contributed by atoms with Crippen molar-refractivity contribution in [2.45, 2.75) is 37.5 Å². The molecule has 0 aliphatic heterocycles. The molecule has 226 valence electrons. The summed E-state index contributed by atoms with van der Waals surface area (Å²) in [6, 6.07) is 41.1. The van der Waals surface area contributed by atoms with E-state index in [2.05, 4.69) is 84.9 Å². The highest BCUT2D eigenvalue weighted by molar-refractivity contribution is 6.05. The van der Waals surface area contributed by atoms with Gasteiger partial charge in [-0.1, -0.05) is 91.0 Å². The summed E-state index contributed by atoms with van der Waals surface area (Å²) in [5.74, 6) is 5.29. The van der Waals surface area contributed by atoms with E-state index in [9.17, 15) is 0 Å². The van der Waals surface area contributed by atoms with Crippen LogP contribution in [0.1, 0.15) is 43.2 Å². The minimum atomic E-state index is 0.0970. The van der Waals surface area contributed by atoms with Crippen molar-refractivity contribution in [2.75, 3.05) is 0 Å². The molecule has 5 aromatic carbocycles. The first-order valence-electron chi connectivity index (χ1n) is 17.2. The van der Waals surface area contributed by atoms with E-state index < -0.39 is 0 Å². The highest BCUT2D eigenvalue weighted by atomic mass is 16.3. The molecule has 4 nitrogen and oxygen atoms in total. The molecule has 0 radical (unpaired) electrons. The summed E-state index contributed by atoms with van der Waals surface area (Å²) in [5, 5.41) is 2.22.